The van der Waals surface area contributed by atoms with Crippen molar-refractivity contribution in [3.8, 4) is 11.3 Å². The van der Waals surface area contributed by atoms with Gasteiger partial charge in [-0.15, -0.1) is 0 Å². The first-order valence-corrected chi connectivity index (χ1v) is 10.7. The number of fused-ring (bicyclic) bond motifs is 3. The minimum Gasteiger partial charge on any atom is -0.480 e. The maximum Gasteiger partial charge on any atom is 0.323 e. The number of carboxylic acid groups (broad SMARTS) is 1. The molecular formula is C23H24N4O4. The number of aromatic nitrogens is 3. The Kier molecular flexibility index (Phi) is 4.94. The fraction of sp³-hybridized carbons (Fsp3) is 0.391. The van der Waals surface area contributed by atoms with E-state index in [2.05, 4.69) is 10.3 Å². The topological polar surface area (TPSA) is 106 Å². The molecule has 2 atom stereocenters. The van der Waals surface area contributed by atoms with E-state index in [-0.39, 0.29) is 22.9 Å². The lowest BCUT2D eigenvalue weighted by atomic mass is 9.84. The Labute approximate surface area is 178 Å². The summed E-state index contributed by atoms with van der Waals surface area (Å²) in [5, 5.41) is 12.8. The van der Waals surface area contributed by atoms with Crippen LogP contribution in [0.25, 0.3) is 22.3 Å². The molecule has 2 fully saturated rings. The largest absolute Gasteiger partial charge is 0.480 e. The van der Waals surface area contributed by atoms with Crippen LogP contribution in [-0.2, 0) is 11.3 Å². The van der Waals surface area contributed by atoms with Gasteiger partial charge in [-0.1, -0.05) is 18.6 Å². The molecule has 4 heterocycles. The van der Waals surface area contributed by atoms with Crippen molar-refractivity contribution in [3.63, 3.8) is 0 Å². The summed E-state index contributed by atoms with van der Waals surface area (Å²) in [7, 11) is 0. The first kappa shape index (κ1) is 19.7. The highest BCUT2D eigenvalue weighted by Gasteiger charge is 2.33. The quantitative estimate of drug-likeness (QED) is 0.670. The predicted molar refractivity (Wildman–Crippen MR) is 116 cm³/mol. The average Bonchev–Trinajstić information content (AvgIpc) is 2.74. The lowest BCUT2D eigenvalue weighted by Crippen LogP contribution is -2.50. The van der Waals surface area contributed by atoms with E-state index in [1.54, 1.807) is 12.1 Å². The third kappa shape index (κ3) is 3.57. The molecule has 8 nitrogen and oxygen atoms in total. The Morgan fingerprint density at radius 3 is 2.55 bits per heavy atom. The fourth-order valence-corrected chi connectivity index (χ4v) is 5.13. The second-order valence-corrected chi connectivity index (χ2v) is 8.49. The van der Waals surface area contributed by atoms with Gasteiger partial charge < -0.3 is 19.6 Å². The Bertz CT molecular complexity index is 1270. The van der Waals surface area contributed by atoms with Crippen molar-refractivity contribution in [2.24, 2.45) is 0 Å². The SMILES string of the molecule is O=C(O)Cn1cccc(-c2nc3ccccc3n(C3CC4CCCC(C3)N4)c2=O)c1=O. The molecule has 2 N–H and O–H groups in total. The van der Waals surface area contributed by atoms with Crippen molar-refractivity contribution >= 4 is 17.0 Å². The summed E-state index contributed by atoms with van der Waals surface area (Å²) in [5.74, 6) is -1.12. The van der Waals surface area contributed by atoms with Gasteiger partial charge in [-0.2, -0.15) is 0 Å². The van der Waals surface area contributed by atoms with Gasteiger partial charge in [-0.25, -0.2) is 4.98 Å². The molecule has 2 unspecified atom stereocenters. The maximum atomic E-state index is 13.7. The van der Waals surface area contributed by atoms with Gasteiger partial charge in [0.1, 0.15) is 12.2 Å². The van der Waals surface area contributed by atoms with Crippen LogP contribution in [0.3, 0.4) is 0 Å². The van der Waals surface area contributed by atoms with Gasteiger partial charge in [0.05, 0.1) is 16.6 Å². The Morgan fingerprint density at radius 1 is 1.06 bits per heavy atom. The molecule has 2 aromatic heterocycles. The Morgan fingerprint density at radius 2 is 1.81 bits per heavy atom. The van der Waals surface area contributed by atoms with Crippen molar-refractivity contribution in [3.05, 3.63) is 63.3 Å². The molecule has 31 heavy (non-hydrogen) atoms. The molecule has 160 valence electrons. The van der Waals surface area contributed by atoms with Crippen molar-refractivity contribution in [1.29, 1.82) is 0 Å². The van der Waals surface area contributed by atoms with Crippen LogP contribution in [0.4, 0.5) is 0 Å². The van der Waals surface area contributed by atoms with E-state index in [9.17, 15) is 14.4 Å². The third-order valence-corrected chi connectivity index (χ3v) is 6.43. The molecule has 3 aromatic rings. The number of para-hydroxylation sites is 2. The van der Waals surface area contributed by atoms with Crippen molar-refractivity contribution in [2.45, 2.75) is 56.8 Å². The van der Waals surface area contributed by atoms with Crippen LogP contribution in [0.5, 0.6) is 0 Å². The number of benzene rings is 1. The van der Waals surface area contributed by atoms with Gasteiger partial charge >= 0.3 is 5.97 Å². The molecule has 0 radical (unpaired) electrons. The van der Waals surface area contributed by atoms with E-state index in [0.29, 0.717) is 17.6 Å². The lowest BCUT2D eigenvalue weighted by Gasteiger charge is -2.41. The zero-order valence-electron chi connectivity index (χ0n) is 17.0. The number of nitrogens with zero attached hydrogens (tertiary/aromatic N) is 3. The average molecular weight is 420 g/mol. The highest BCUT2D eigenvalue weighted by molar-refractivity contribution is 5.78. The monoisotopic (exact) mass is 420 g/mol. The smallest absolute Gasteiger partial charge is 0.323 e. The minimum absolute atomic E-state index is 0.0284. The van der Waals surface area contributed by atoms with Crippen molar-refractivity contribution in [2.75, 3.05) is 0 Å². The molecule has 0 amide bonds. The molecule has 0 saturated carbocycles. The Hall–Kier alpha value is -3.26. The number of aliphatic carboxylic acids is 1. The van der Waals surface area contributed by atoms with Crippen LogP contribution < -0.4 is 16.4 Å². The van der Waals surface area contributed by atoms with E-state index < -0.39 is 18.1 Å². The molecule has 2 bridgehead atoms. The van der Waals surface area contributed by atoms with Crippen LogP contribution in [0, 0.1) is 0 Å². The van der Waals surface area contributed by atoms with Crippen LogP contribution in [0.1, 0.15) is 38.1 Å². The zero-order valence-corrected chi connectivity index (χ0v) is 17.0. The van der Waals surface area contributed by atoms with E-state index >= 15 is 0 Å². The molecule has 8 heteroatoms. The second-order valence-electron chi connectivity index (χ2n) is 8.49. The lowest BCUT2D eigenvalue weighted by molar-refractivity contribution is -0.137. The summed E-state index contributed by atoms with van der Waals surface area (Å²) < 4.78 is 2.91. The number of rotatable bonds is 4. The van der Waals surface area contributed by atoms with Gasteiger partial charge in [0.2, 0.25) is 0 Å². The van der Waals surface area contributed by atoms with Gasteiger partial charge in [-0.3, -0.25) is 14.4 Å². The van der Waals surface area contributed by atoms with Gasteiger partial charge in [-0.05, 0) is 49.9 Å². The van der Waals surface area contributed by atoms with E-state index in [4.69, 9.17) is 5.11 Å². The number of nitrogens with one attached hydrogen (secondary N) is 1. The van der Waals surface area contributed by atoms with Crippen LogP contribution in [0.2, 0.25) is 0 Å². The molecule has 2 aliphatic rings. The van der Waals surface area contributed by atoms with Crippen LogP contribution >= 0.6 is 0 Å². The number of hydrogen-bond acceptors (Lipinski definition) is 5. The molecule has 2 aliphatic heterocycles. The van der Waals surface area contributed by atoms with E-state index in [1.165, 1.54) is 12.6 Å². The fourth-order valence-electron chi connectivity index (χ4n) is 5.13. The summed E-state index contributed by atoms with van der Waals surface area (Å²) in [6.07, 6.45) is 6.56. The highest BCUT2D eigenvalue weighted by atomic mass is 16.4. The van der Waals surface area contributed by atoms with Gasteiger partial charge in [0, 0.05) is 24.3 Å². The molecule has 1 aromatic carbocycles. The number of hydrogen-bond donors (Lipinski definition) is 2. The number of carboxylic acids is 1. The molecule has 5 rings (SSSR count). The standard InChI is InChI=1S/C23H24N4O4/c28-20(29)13-26-10-4-7-17(22(26)30)21-23(31)27(19-9-2-1-8-18(19)25-21)16-11-14-5-3-6-15(12-16)24-14/h1-2,4,7-10,14-16,24H,3,5-6,11-13H2,(H,28,29). The normalized spacial score (nSPS) is 23.0. The van der Waals surface area contributed by atoms with Crippen LogP contribution in [0.15, 0.2) is 52.2 Å². The van der Waals surface area contributed by atoms with E-state index in [0.717, 1.165) is 35.8 Å². The summed E-state index contributed by atoms with van der Waals surface area (Å²) in [4.78, 5) is 42.3. The summed E-state index contributed by atoms with van der Waals surface area (Å²) in [6.45, 7) is -0.466. The summed E-state index contributed by atoms with van der Waals surface area (Å²) in [6, 6.07) is 11.4. The summed E-state index contributed by atoms with van der Waals surface area (Å²) in [5.41, 5.74) is 0.790. The second kappa shape index (κ2) is 7.77. The minimum atomic E-state index is -1.12. The Balaban J connectivity index is 1.70. The predicted octanol–water partition coefficient (Wildman–Crippen LogP) is 2.16. The van der Waals surface area contributed by atoms with Gasteiger partial charge in [0.15, 0.2) is 0 Å². The number of pyridine rings is 1. The number of piperidine rings is 2. The van der Waals surface area contributed by atoms with Crippen LogP contribution in [-0.4, -0.2) is 37.3 Å². The van der Waals surface area contributed by atoms with Crippen molar-refractivity contribution in [1.82, 2.24) is 19.4 Å². The molecule has 0 spiro atoms. The van der Waals surface area contributed by atoms with E-state index in [1.807, 2.05) is 28.8 Å². The third-order valence-electron chi connectivity index (χ3n) is 6.43. The molecule has 0 aliphatic carbocycles. The zero-order chi connectivity index (χ0) is 21.5. The molecular weight excluding hydrogens is 396 g/mol. The summed E-state index contributed by atoms with van der Waals surface area (Å²) >= 11 is 0. The maximum absolute atomic E-state index is 13.7. The first-order valence-electron chi connectivity index (χ1n) is 10.7. The van der Waals surface area contributed by atoms with Crippen molar-refractivity contribution < 1.29 is 9.90 Å². The number of carbonyl (C=O) groups is 1. The highest BCUT2D eigenvalue weighted by Crippen LogP contribution is 2.33. The first-order chi connectivity index (χ1) is 15.0. The molecule has 2 saturated heterocycles. The van der Waals surface area contributed by atoms with Gasteiger partial charge in [0.25, 0.3) is 11.1 Å².